The Morgan fingerprint density at radius 3 is 2.31 bits per heavy atom. The minimum absolute atomic E-state index is 0.0266. The molecule has 0 spiro atoms. The number of nitro groups is 1. The highest BCUT2D eigenvalue weighted by atomic mass is 16.6. The molecule has 0 bridgehead atoms. The van der Waals surface area contributed by atoms with Gasteiger partial charge in [0, 0.05) is 38.1 Å². The Kier molecular flexibility index (Phi) is 5.61. The van der Waals surface area contributed by atoms with Crippen LogP contribution in [-0.2, 0) is 6.54 Å². The van der Waals surface area contributed by atoms with Gasteiger partial charge in [-0.3, -0.25) is 10.1 Å². The molecule has 1 N–H and O–H groups in total. The van der Waals surface area contributed by atoms with Gasteiger partial charge in [-0.05, 0) is 51.4 Å². The smallest absolute Gasteiger partial charge is 0.302 e. The lowest BCUT2D eigenvalue weighted by molar-refractivity contribution is -0.383. The van der Waals surface area contributed by atoms with Crippen LogP contribution in [0.2, 0.25) is 0 Å². The van der Waals surface area contributed by atoms with Crippen molar-refractivity contribution in [2.75, 3.05) is 28.2 Å². The highest BCUT2D eigenvalue weighted by Gasteiger charge is 2.28. The number of aromatic nitrogens is 1. The van der Waals surface area contributed by atoms with Crippen molar-refractivity contribution in [2.24, 2.45) is 0 Å². The monoisotopic (exact) mass is 394 g/mol. The minimum atomic E-state index is -0.348. The molecule has 3 aromatic rings. The third-order valence-corrected chi connectivity index (χ3v) is 4.70. The molecule has 29 heavy (non-hydrogen) atoms. The maximum absolute atomic E-state index is 12.1. The van der Waals surface area contributed by atoms with Crippen molar-refractivity contribution in [3.63, 3.8) is 0 Å². The largest absolute Gasteiger partial charge is 0.508 e. The Morgan fingerprint density at radius 2 is 1.76 bits per heavy atom. The summed E-state index contributed by atoms with van der Waals surface area (Å²) in [4.78, 5) is 15.5. The van der Waals surface area contributed by atoms with Crippen LogP contribution in [0.1, 0.15) is 16.8 Å². The Hall–Kier alpha value is -3.32. The summed E-state index contributed by atoms with van der Waals surface area (Å²) in [6.07, 6.45) is 3.53. The van der Waals surface area contributed by atoms with Gasteiger partial charge in [-0.2, -0.15) is 0 Å². The van der Waals surface area contributed by atoms with Gasteiger partial charge < -0.3 is 19.5 Å². The fourth-order valence-electron chi connectivity index (χ4n) is 3.44. The average Bonchev–Trinajstić information content (AvgIpc) is 2.97. The van der Waals surface area contributed by atoms with E-state index in [9.17, 15) is 15.2 Å². The lowest BCUT2D eigenvalue weighted by Crippen LogP contribution is -2.12. The molecule has 7 heteroatoms. The van der Waals surface area contributed by atoms with Crippen LogP contribution in [0.3, 0.4) is 0 Å². The van der Waals surface area contributed by atoms with E-state index in [1.807, 2.05) is 73.7 Å². The van der Waals surface area contributed by atoms with Gasteiger partial charge >= 0.3 is 5.69 Å². The second-order valence-corrected chi connectivity index (χ2v) is 7.64. The number of phenolic OH excluding ortho intramolecular Hbond substituents is 1. The molecule has 2 aromatic carbocycles. The zero-order chi connectivity index (χ0) is 21.3. The van der Waals surface area contributed by atoms with Gasteiger partial charge in [-0.25, -0.2) is 0 Å². The summed E-state index contributed by atoms with van der Waals surface area (Å²) >= 11 is 0. The second-order valence-electron chi connectivity index (χ2n) is 7.64. The van der Waals surface area contributed by atoms with Crippen LogP contribution in [-0.4, -0.2) is 52.6 Å². The van der Waals surface area contributed by atoms with Crippen molar-refractivity contribution >= 4 is 22.7 Å². The molecule has 1 heterocycles. The predicted molar refractivity (Wildman–Crippen MR) is 116 cm³/mol. The zero-order valence-corrected chi connectivity index (χ0v) is 17.4. The van der Waals surface area contributed by atoms with Gasteiger partial charge in [0.15, 0.2) is 0 Å². The van der Waals surface area contributed by atoms with Gasteiger partial charge in [0.2, 0.25) is 0 Å². The fourth-order valence-corrected chi connectivity index (χ4v) is 3.44. The lowest BCUT2D eigenvalue weighted by Gasteiger charge is -2.16. The average molecular weight is 394 g/mol. The number of hydrogen-bond donors (Lipinski definition) is 1. The quantitative estimate of drug-likeness (QED) is 0.502. The van der Waals surface area contributed by atoms with E-state index >= 15 is 0 Å². The number of fused-ring (bicyclic) bond motifs is 1. The van der Waals surface area contributed by atoms with E-state index < -0.39 is 0 Å². The molecule has 0 aliphatic carbocycles. The third-order valence-electron chi connectivity index (χ3n) is 4.70. The number of hydrogen-bond acceptors (Lipinski definition) is 5. The van der Waals surface area contributed by atoms with E-state index in [0.717, 1.165) is 11.3 Å². The molecule has 0 fully saturated rings. The summed E-state index contributed by atoms with van der Waals surface area (Å²) < 4.78 is 1.87. The second kappa shape index (κ2) is 7.97. The summed E-state index contributed by atoms with van der Waals surface area (Å²) in [7, 11) is 7.53. The van der Waals surface area contributed by atoms with Gasteiger partial charge in [0.1, 0.15) is 11.4 Å². The lowest BCUT2D eigenvalue weighted by atomic mass is 10.1. The molecule has 1 aromatic heterocycles. The minimum Gasteiger partial charge on any atom is -0.508 e. The Labute approximate surface area is 170 Å². The fraction of sp³-hybridized carbons (Fsp3) is 0.273. The van der Waals surface area contributed by atoms with Crippen LogP contribution >= 0.6 is 0 Å². The van der Waals surface area contributed by atoms with Crippen molar-refractivity contribution < 1.29 is 10.0 Å². The molecule has 152 valence electrons. The van der Waals surface area contributed by atoms with Crippen LogP contribution < -0.4 is 0 Å². The van der Waals surface area contributed by atoms with Crippen LogP contribution in [0.25, 0.3) is 22.7 Å². The Morgan fingerprint density at radius 1 is 1.10 bits per heavy atom. The molecule has 0 unspecified atom stereocenters. The summed E-state index contributed by atoms with van der Waals surface area (Å²) in [6.45, 7) is 2.45. The first-order valence-corrected chi connectivity index (χ1v) is 9.30. The molecule has 0 aliphatic heterocycles. The Balaban J connectivity index is 2.50. The molecule has 0 saturated carbocycles. The topological polar surface area (TPSA) is 74.8 Å². The van der Waals surface area contributed by atoms with Crippen molar-refractivity contribution in [3.05, 3.63) is 69.5 Å². The molecule has 0 radical (unpaired) electrons. The molecule has 0 atom stereocenters. The predicted octanol–water partition coefficient (Wildman–Crippen LogP) is 4.15. The standard InChI is InChI=1S/C22H26N4O3/c1-15-6-8-16(9-7-15)25-19(12-13-23(2)3)22(26(28)29)17-10-11-20(27)18(21(17)25)14-24(4)5/h6-13,27H,14H2,1-5H3/b13-12+. The first kappa shape index (κ1) is 20.4. The van der Waals surface area contributed by atoms with E-state index in [-0.39, 0.29) is 16.4 Å². The number of nitrogens with zero attached hydrogens (tertiary/aromatic N) is 4. The molecule has 0 saturated heterocycles. The molecule has 0 aliphatic rings. The van der Waals surface area contributed by atoms with Crippen molar-refractivity contribution in [2.45, 2.75) is 13.5 Å². The molecular weight excluding hydrogens is 368 g/mol. The SMILES string of the molecule is Cc1ccc(-n2c(/C=C/N(C)C)c([N+](=O)[O-])c3ccc(O)c(CN(C)C)c32)cc1. The molecule has 3 rings (SSSR count). The van der Waals surface area contributed by atoms with Gasteiger partial charge in [-0.15, -0.1) is 0 Å². The molecular formula is C22H26N4O3. The summed E-state index contributed by atoms with van der Waals surface area (Å²) in [5.74, 6) is 0.120. The van der Waals surface area contributed by atoms with Crippen LogP contribution in [0.5, 0.6) is 5.75 Å². The molecule has 0 amide bonds. The van der Waals surface area contributed by atoms with E-state index in [2.05, 4.69) is 0 Å². The first-order valence-electron chi connectivity index (χ1n) is 9.30. The summed E-state index contributed by atoms with van der Waals surface area (Å²) in [5, 5.41) is 23.2. The number of aryl methyl sites for hydroxylation is 1. The first-order chi connectivity index (χ1) is 13.7. The normalized spacial score (nSPS) is 11.7. The third kappa shape index (κ3) is 3.95. The number of aromatic hydroxyl groups is 1. The van der Waals surface area contributed by atoms with Gasteiger partial charge in [0.05, 0.1) is 15.8 Å². The van der Waals surface area contributed by atoms with Crippen molar-refractivity contribution in [3.8, 4) is 11.4 Å². The van der Waals surface area contributed by atoms with Crippen LogP contribution in [0.4, 0.5) is 5.69 Å². The number of benzene rings is 2. The van der Waals surface area contributed by atoms with Crippen molar-refractivity contribution in [1.29, 1.82) is 0 Å². The van der Waals surface area contributed by atoms with Crippen molar-refractivity contribution in [1.82, 2.24) is 14.4 Å². The van der Waals surface area contributed by atoms with Crippen LogP contribution in [0, 0.1) is 17.0 Å². The number of phenols is 1. The van der Waals surface area contributed by atoms with Crippen LogP contribution in [0.15, 0.2) is 42.6 Å². The van der Waals surface area contributed by atoms with E-state index in [1.165, 1.54) is 6.07 Å². The van der Waals surface area contributed by atoms with E-state index in [1.54, 1.807) is 18.3 Å². The van der Waals surface area contributed by atoms with E-state index in [0.29, 0.717) is 28.7 Å². The van der Waals surface area contributed by atoms with E-state index in [4.69, 9.17) is 0 Å². The van der Waals surface area contributed by atoms with Gasteiger partial charge in [0.25, 0.3) is 0 Å². The maximum Gasteiger partial charge on any atom is 0.302 e. The highest BCUT2D eigenvalue weighted by molar-refractivity contribution is 5.99. The zero-order valence-electron chi connectivity index (χ0n) is 17.4. The highest BCUT2D eigenvalue weighted by Crippen LogP contribution is 2.41. The summed E-state index contributed by atoms with van der Waals surface area (Å²) in [5.41, 5.74) is 3.69. The molecule has 7 nitrogen and oxygen atoms in total. The number of rotatable bonds is 6. The van der Waals surface area contributed by atoms with Gasteiger partial charge in [-0.1, -0.05) is 17.7 Å². The Bertz CT molecular complexity index is 1080. The summed E-state index contributed by atoms with van der Waals surface area (Å²) in [6, 6.07) is 11.0. The maximum atomic E-state index is 12.1.